The van der Waals surface area contributed by atoms with Gasteiger partial charge in [0, 0.05) is 19.8 Å². The summed E-state index contributed by atoms with van der Waals surface area (Å²) in [6.07, 6.45) is -16.0. The standard InChI is InChI=1S/C29H52NO15/c1-5-6-7-8-9-10-11-30(15(3)33)24-26(40)42-17(13-32)25(44-27-22(38)21(37)19(35)16(12-31)43-27)29(24,4)45-28-23(39)20(36)18(34)14(2)41-28/h14,16-28,31-32,34-39H,5-13H2,1-4H3/q-1/t14-,16+,17+,18+,19-,20+,21-,22+,23-,24-,25+,26+,27-,28-,29+/m0/s1. The molecular formula is C29H52NO15-. The first-order chi connectivity index (χ1) is 21.2. The number of ether oxygens (including phenoxy) is 5. The molecule has 3 heterocycles. The highest BCUT2D eigenvalue weighted by Gasteiger charge is 2.60. The Morgan fingerprint density at radius 3 is 1.98 bits per heavy atom. The van der Waals surface area contributed by atoms with Gasteiger partial charge in [0.25, 0.3) is 0 Å². The molecule has 8 N–H and O–H groups in total. The third-order valence-corrected chi connectivity index (χ3v) is 9.04. The highest BCUT2D eigenvalue weighted by molar-refractivity contribution is 5.74. The van der Waals surface area contributed by atoms with Gasteiger partial charge in [0.15, 0.2) is 12.6 Å². The molecule has 3 aliphatic heterocycles. The van der Waals surface area contributed by atoms with Gasteiger partial charge in [-0.25, -0.2) is 0 Å². The topological polar surface area (TPSA) is 251 Å². The largest absolute Gasteiger partial charge is 0.829 e. The van der Waals surface area contributed by atoms with Crippen LogP contribution in [-0.2, 0) is 28.5 Å². The summed E-state index contributed by atoms with van der Waals surface area (Å²) in [5.41, 5.74) is -2.03. The number of carbonyl (C=O) groups excluding carboxylic acids is 1. The van der Waals surface area contributed by atoms with Crippen LogP contribution in [0.4, 0.5) is 0 Å². The van der Waals surface area contributed by atoms with Gasteiger partial charge in [0.1, 0.15) is 60.5 Å². The molecular weight excluding hydrogens is 602 g/mol. The van der Waals surface area contributed by atoms with E-state index in [0.717, 1.165) is 32.1 Å². The number of hydrogen-bond acceptors (Lipinski definition) is 15. The molecule has 3 fully saturated rings. The van der Waals surface area contributed by atoms with Crippen LogP contribution in [0, 0.1) is 0 Å². The van der Waals surface area contributed by atoms with E-state index < -0.39 is 111 Å². The fourth-order valence-corrected chi connectivity index (χ4v) is 6.32. The second-order valence-corrected chi connectivity index (χ2v) is 12.4. The number of rotatable bonds is 14. The summed E-state index contributed by atoms with van der Waals surface area (Å²) in [5.74, 6) is -0.518. The maximum Gasteiger partial charge on any atom is 0.219 e. The summed E-state index contributed by atoms with van der Waals surface area (Å²) in [5, 5.41) is 96.6. The molecule has 1 amide bonds. The summed E-state index contributed by atoms with van der Waals surface area (Å²) in [6, 6.07) is -1.50. The van der Waals surface area contributed by atoms with Crippen molar-refractivity contribution in [2.75, 3.05) is 19.8 Å². The molecule has 45 heavy (non-hydrogen) atoms. The Labute approximate surface area is 263 Å². The van der Waals surface area contributed by atoms with Crippen LogP contribution < -0.4 is 5.11 Å². The fourth-order valence-electron chi connectivity index (χ4n) is 6.32. The van der Waals surface area contributed by atoms with Gasteiger partial charge in [-0.05, 0) is 20.3 Å². The number of unbranched alkanes of at least 4 members (excludes halogenated alkanes) is 5. The summed E-state index contributed by atoms with van der Waals surface area (Å²) < 4.78 is 29.1. The van der Waals surface area contributed by atoms with Crippen LogP contribution in [0.15, 0.2) is 0 Å². The van der Waals surface area contributed by atoms with Crippen LogP contribution in [0.3, 0.4) is 0 Å². The second kappa shape index (κ2) is 16.8. The minimum Gasteiger partial charge on any atom is -0.829 e. The molecule has 0 radical (unpaired) electrons. The normalized spacial score (nSPS) is 44.1. The molecule has 0 aromatic heterocycles. The molecule has 16 heteroatoms. The van der Waals surface area contributed by atoms with Crippen molar-refractivity contribution in [3.8, 4) is 0 Å². The van der Waals surface area contributed by atoms with Crippen LogP contribution in [0.5, 0.6) is 0 Å². The molecule has 0 bridgehead atoms. The van der Waals surface area contributed by atoms with Gasteiger partial charge in [-0.15, -0.1) is 0 Å². The summed E-state index contributed by atoms with van der Waals surface area (Å²) in [7, 11) is 0. The van der Waals surface area contributed by atoms with E-state index in [0.29, 0.717) is 6.42 Å². The highest BCUT2D eigenvalue weighted by atomic mass is 16.8. The summed E-state index contributed by atoms with van der Waals surface area (Å²) in [6.45, 7) is 4.65. The first kappa shape index (κ1) is 38.4. The van der Waals surface area contributed by atoms with Gasteiger partial charge in [-0.3, -0.25) is 4.79 Å². The minimum atomic E-state index is -2.03. The average Bonchev–Trinajstić information content (AvgIpc) is 3.00. The van der Waals surface area contributed by atoms with Crippen molar-refractivity contribution in [3.63, 3.8) is 0 Å². The SMILES string of the molecule is CCCCCCCCN(C(C)=O)[C@H]1[C@H]([O-])O[C@H](CO)[C@@H](O[C@@H]2O[C@H](CO)[C@H](O)[C@H](O)[C@H]2O)[C@]1(C)O[C@@H]1O[C@@H](C)[C@@H](O)[C@@H](O)[C@@H]1O. The van der Waals surface area contributed by atoms with Crippen molar-refractivity contribution in [1.82, 2.24) is 4.90 Å². The number of hydrogen-bond donors (Lipinski definition) is 8. The van der Waals surface area contributed by atoms with Gasteiger partial charge in [0.2, 0.25) is 5.91 Å². The average molecular weight is 655 g/mol. The molecule has 16 nitrogen and oxygen atoms in total. The van der Waals surface area contributed by atoms with Crippen molar-refractivity contribution in [1.29, 1.82) is 0 Å². The summed E-state index contributed by atoms with van der Waals surface area (Å²) >= 11 is 0. The van der Waals surface area contributed by atoms with Crippen LogP contribution in [0.25, 0.3) is 0 Å². The van der Waals surface area contributed by atoms with E-state index in [-0.39, 0.29) is 6.54 Å². The van der Waals surface area contributed by atoms with E-state index in [9.17, 15) is 50.8 Å². The number of carbonyl (C=O) groups is 1. The van der Waals surface area contributed by atoms with Crippen molar-refractivity contribution < 1.29 is 74.4 Å². The third-order valence-electron chi connectivity index (χ3n) is 9.04. The maximum absolute atomic E-state index is 13.7. The molecule has 3 aliphatic rings. The van der Waals surface area contributed by atoms with Gasteiger partial charge in [0.05, 0.1) is 25.4 Å². The van der Waals surface area contributed by atoms with E-state index in [1.807, 2.05) is 0 Å². The number of nitrogens with zero attached hydrogens (tertiary/aromatic N) is 1. The first-order valence-corrected chi connectivity index (χ1v) is 15.8. The zero-order chi connectivity index (χ0) is 33.6. The molecule has 0 saturated carbocycles. The number of aliphatic hydroxyl groups excluding tert-OH is 8. The van der Waals surface area contributed by atoms with E-state index in [2.05, 4.69) is 6.92 Å². The van der Waals surface area contributed by atoms with E-state index in [1.165, 1.54) is 25.7 Å². The van der Waals surface area contributed by atoms with Crippen LogP contribution >= 0.6 is 0 Å². The molecule has 0 aromatic carbocycles. The molecule has 0 unspecified atom stereocenters. The van der Waals surface area contributed by atoms with E-state index in [4.69, 9.17) is 23.7 Å². The Balaban J connectivity index is 2.03. The maximum atomic E-state index is 13.7. The Kier molecular flexibility index (Phi) is 14.4. The van der Waals surface area contributed by atoms with Crippen molar-refractivity contribution in [2.45, 2.75) is 158 Å². The molecule has 3 saturated heterocycles. The lowest BCUT2D eigenvalue weighted by Gasteiger charge is -2.59. The first-order valence-electron chi connectivity index (χ1n) is 15.8. The van der Waals surface area contributed by atoms with Crippen LogP contribution in [-0.4, -0.2) is 163 Å². The zero-order valence-corrected chi connectivity index (χ0v) is 26.3. The Morgan fingerprint density at radius 1 is 0.800 bits per heavy atom. The predicted molar refractivity (Wildman–Crippen MR) is 151 cm³/mol. The Bertz CT molecular complexity index is 915. The molecule has 0 aromatic rings. The predicted octanol–water partition coefficient (Wildman–Crippen LogP) is -3.57. The molecule has 0 aliphatic carbocycles. The second-order valence-electron chi connectivity index (χ2n) is 12.4. The van der Waals surface area contributed by atoms with E-state index in [1.54, 1.807) is 0 Å². The lowest BCUT2D eigenvalue weighted by atomic mass is 9.81. The highest BCUT2D eigenvalue weighted by Crippen LogP contribution is 2.41. The monoisotopic (exact) mass is 654 g/mol. The summed E-state index contributed by atoms with van der Waals surface area (Å²) in [4.78, 5) is 14.3. The number of aliphatic hydroxyl groups is 8. The van der Waals surface area contributed by atoms with Crippen molar-refractivity contribution >= 4 is 5.91 Å². The van der Waals surface area contributed by atoms with Crippen molar-refractivity contribution in [3.05, 3.63) is 0 Å². The quantitative estimate of drug-likeness (QED) is 0.0844. The smallest absolute Gasteiger partial charge is 0.219 e. The molecule has 3 rings (SSSR count). The molecule has 0 spiro atoms. The fraction of sp³-hybridized carbons (Fsp3) is 0.966. The lowest BCUT2D eigenvalue weighted by Crippen LogP contribution is -2.77. The van der Waals surface area contributed by atoms with E-state index >= 15 is 0 Å². The van der Waals surface area contributed by atoms with Crippen molar-refractivity contribution in [2.24, 2.45) is 0 Å². The molecule has 264 valence electrons. The minimum absolute atomic E-state index is 0.107. The van der Waals surface area contributed by atoms with Crippen LogP contribution in [0.2, 0.25) is 0 Å². The van der Waals surface area contributed by atoms with Gasteiger partial charge >= 0.3 is 0 Å². The van der Waals surface area contributed by atoms with Gasteiger partial charge in [-0.1, -0.05) is 39.0 Å². The van der Waals surface area contributed by atoms with Crippen LogP contribution in [0.1, 0.15) is 66.2 Å². The van der Waals surface area contributed by atoms with Gasteiger partial charge in [-0.2, -0.15) is 0 Å². The number of amides is 1. The zero-order valence-electron chi connectivity index (χ0n) is 26.3. The van der Waals surface area contributed by atoms with Gasteiger partial charge < -0.3 is 74.5 Å². The Morgan fingerprint density at radius 2 is 1.38 bits per heavy atom. The third kappa shape index (κ3) is 8.50. The lowest BCUT2D eigenvalue weighted by molar-refractivity contribution is -0.539. The Hall–Kier alpha value is -1.09. The molecule has 15 atom stereocenters.